The van der Waals surface area contributed by atoms with Crippen molar-refractivity contribution in [3.63, 3.8) is 0 Å². The Balaban J connectivity index is 1.76. The van der Waals surface area contributed by atoms with Gasteiger partial charge in [0.25, 0.3) is 5.91 Å². The van der Waals surface area contributed by atoms with Crippen LogP contribution in [-0.4, -0.2) is 29.3 Å². The topological polar surface area (TPSA) is 78.5 Å². The van der Waals surface area contributed by atoms with Crippen LogP contribution in [0.4, 0.5) is 14.9 Å². The highest BCUT2D eigenvalue weighted by Gasteiger charge is 2.49. The zero-order valence-corrected chi connectivity index (χ0v) is 16.5. The lowest BCUT2D eigenvalue weighted by atomic mass is 9.92. The number of carbonyl (C=O) groups is 3. The number of rotatable bonds is 4. The number of nitrogens with one attached hydrogen (secondary N) is 2. The molecule has 1 unspecified atom stereocenters. The number of hydrogen-bond donors (Lipinski definition) is 2. The molecule has 1 aliphatic rings. The number of urea groups is 1. The molecular weight excluding hydrogens is 408 g/mol. The fourth-order valence-electron chi connectivity index (χ4n) is 2.86. The highest BCUT2D eigenvalue weighted by molar-refractivity contribution is 6.42. The molecule has 1 fully saturated rings. The fourth-order valence-corrected chi connectivity index (χ4v) is 3.16. The second-order valence-electron chi connectivity index (χ2n) is 6.59. The van der Waals surface area contributed by atoms with Gasteiger partial charge in [-0.25, -0.2) is 9.18 Å². The lowest BCUT2D eigenvalue weighted by Gasteiger charge is -2.22. The first-order valence-electron chi connectivity index (χ1n) is 8.27. The Morgan fingerprint density at radius 3 is 2.54 bits per heavy atom. The number of nitrogens with zero attached hydrogens (tertiary/aromatic N) is 1. The number of imide groups is 1. The van der Waals surface area contributed by atoms with Crippen molar-refractivity contribution in [3.05, 3.63) is 63.4 Å². The average Bonchev–Trinajstić information content (AvgIpc) is 2.84. The minimum atomic E-state index is -1.39. The van der Waals surface area contributed by atoms with Crippen LogP contribution in [0.2, 0.25) is 10.0 Å². The molecule has 6 nitrogen and oxygen atoms in total. The van der Waals surface area contributed by atoms with Crippen LogP contribution >= 0.6 is 23.2 Å². The van der Waals surface area contributed by atoms with Gasteiger partial charge in [0.15, 0.2) is 0 Å². The van der Waals surface area contributed by atoms with Gasteiger partial charge in [-0.3, -0.25) is 14.5 Å². The molecule has 9 heteroatoms. The Hall–Kier alpha value is -2.64. The van der Waals surface area contributed by atoms with Gasteiger partial charge in [0.05, 0.1) is 10.0 Å². The number of halogens is 3. The summed E-state index contributed by atoms with van der Waals surface area (Å²) in [5.41, 5.74) is -0.290. The van der Waals surface area contributed by atoms with E-state index in [1.807, 2.05) is 0 Å². The van der Waals surface area contributed by atoms with Crippen LogP contribution in [0.25, 0.3) is 0 Å². The Morgan fingerprint density at radius 1 is 1.18 bits per heavy atom. The number of aryl methyl sites for hydroxylation is 1. The average molecular weight is 424 g/mol. The van der Waals surface area contributed by atoms with Gasteiger partial charge in [-0.15, -0.1) is 0 Å². The SMILES string of the molecule is Cc1ccc(NC(=O)CN2C(=O)NC(C)(c3ccc(Cl)c(Cl)c3)C2=O)cc1F. The van der Waals surface area contributed by atoms with Crippen LogP contribution in [0.1, 0.15) is 18.1 Å². The smallest absolute Gasteiger partial charge is 0.324 e. The molecule has 0 aliphatic carbocycles. The summed E-state index contributed by atoms with van der Waals surface area (Å²) in [7, 11) is 0. The standard InChI is InChI=1S/C19H16Cl2FN3O3/c1-10-3-5-12(8-15(10)22)23-16(26)9-25-17(27)19(2,24-18(25)28)11-4-6-13(20)14(21)7-11/h3-8H,9H2,1-2H3,(H,23,26)(H,24,28). The number of benzene rings is 2. The van der Waals surface area contributed by atoms with Crippen LogP contribution in [0.15, 0.2) is 36.4 Å². The van der Waals surface area contributed by atoms with Crippen molar-refractivity contribution < 1.29 is 18.8 Å². The maximum Gasteiger partial charge on any atom is 0.325 e. The summed E-state index contributed by atoms with van der Waals surface area (Å²) in [4.78, 5) is 38.2. The van der Waals surface area contributed by atoms with Crippen LogP contribution in [0.5, 0.6) is 0 Å². The first-order valence-corrected chi connectivity index (χ1v) is 9.03. The maximum absolute atomic E-state index is 13.6. The summed E-state index contributed by atoms with van der Waals surface area (Å²) < 4.78 is 13.6. The summed E-state index contributed by atoms with van der Waals surface area (Å²) in [5, 5.41) is 5.59. The predicted molar refractivity (Wildman–Crippen MR) is 104 cm³/mol. The number of carbonyl (C=O) groups excluding carboxylic acids is 3. The Kier molecular flexibility index (Phi) is 5.32. The van der Waals surface area contributed by atoms with Gasteiger partial charge in [-0.2, -0.15) is 0 Å². The van der Waals surface area contributed by atoms with Crippen molar-refractivity contribution in [1.29, 1.82) is 0 Å². The third kappa shape index (κ3) is 3.68. The molecule has 146 valence electrons. The zero-order chi connectivity index (χ0) is 20.6. The zero-order valence-electron chi connectivity index (χ0n) is 15.0. The molecule has 2 N–H and O–H groups in total. The van der Waals surface area contributed by atoms with Crippen molar-refractivity contribution in [1.82, 2.24) is 10.2 Å². The molecule has 1 atom stereocenters. The van der Waals surface area contributed by atoms with E-state index in [2.05, 4.69) is 10.6 Å². The molecule has 1 heterocycles. The Bertz CT molecular complexity index is 998. The van der Waals surface area contributed by atoms with E-state index in [9.17, 15) is 18.8 Å². The van der Waals surface area contributed by atoms with Crippen LogP contribution in [0, 0.1) is 12.7 Å². The van der Waals surface area contributed by atoms with E-state index in [0.717, 1.165) is 4.90 Å². The number of amides is 4. The Morgan fingerprint density at radius 2 is 1.89 bits per heavy atom. The molecule has 2 aromatic carbocycles. The first kappa shape index (κ1) is 20.1. The summed E-state index contributed by atoms with van der Waals surface area (Å²) in [6, 6.07) is 8.07. The van der Waals surface area contributed by atoms with E-state index in [-0.39, 0.29) is 10.7 Å². The second kappa shape index (κ2) is 7.41. The highest BCUT2D eigenvalue weighted by atomic mass is 35.5. The van der Waals surface area contributed by atoms with E-state index in [4.69, 9.17) is 23.2 Å². The van der Waals surface area contributed by atoms with Crippen molar-refractivity contribution >= 4 is 46.7 Å². The van der Waals surface area contributed by atoms with Crippen LogP contribution in [-0.2, 0) is 15.1 Å². The van der Waals surface area contributed by atoms with Crippen LogP contribution < -0.4 is 10.6 Å². The summed E-state index contributed by atoms with van der Waals surface area (Å²) in [6.07, 6.45) is 0. The molecule has 0 spiro atoms. The summed E-state index contributed by atoms with van der Waals surface area (Å²) >= 11 is 11.9. The van der Waals surface area contributed by atoms with E-state index < -0.39 is 35.7 Å². The number of hydrogen-bond acceptors (Lipinski definition) is 3. The summed E-state index contributed by atoms with van der Waals surface area (Å²) in [5.74, 6) is -1.72. The number of anilines is 1. The molecule has 2 aromatic rings. The minimum absolute atomic E-state index is 0.229. The fraction of sp³-hybridized carbons (Fsp3) is 0.211. The van der Waals surface area contributed by atoms with Gasteiger partial charge in [0, 0.05) is 5.69 Å². The van der Waals surface area contributed by atoms with Gasteiger partial charge >= 0.3 is 6.03 Å². The monoisotopic (exact) mass is 423 g/mol. The first-order chi connectivity index (χ1) is 13.1. The Labute approximate surface area is 170 Å². The molecule has 0 radical (unpaired) electrons. The van der Waals surface area contributed by atoms with Gasteiger partial charge in [0.1, 0.15) is 17.9 Å². The van der Waals surface area contributed by atoms with E-state index in [1.165, 1.54) is 37.3 Å². The molecular formula is C19H16Cl2FN3O3. The molecule has 0 saturated carbocycles. The molecule has 4 amide bonds. The van der Waals surface area contributed by atoms with Crippen molar-refractivity contribution in [2.75, 3.05) is 11.9 Å². The predicted octanol–water partition coefficient (Wildman–Crippen LogP) is 3.85. The molecule has 1 aliphatic heterocycles. The highest BCUT2D eigenvalue weighted by Crippen LogP contribution is 2.33. The molecule has 0 aromatic heterocycles. The van der Waals surface area contributed by atoms with Crippen molar-refractivity contribution in [2.45, 2.75) is 19.4 Å². The normalized spacial score (nSPS) is 19.0. The van der Waals surface area contributed by atoms with E-state index in [1.54, 1.807) is 13.0 Å². The lowest BCUT2D eigenvalue weighted by molar-refractivity contribution is -0.133. The van der Waals surface area contributed by atoms with Gasteiger partial charge in [-0.1, -0.05) is 35.3 Å². The van der Waals surface area contributed by atoms with Gasteiger partial charge in [-0.05, 0) is 49.2 Å². The van der Waals surface area contributed by atoms with Crippen molar-refractivity contribution in [2.24, 2.45) is 0 Å². The van der Waals surface area contributed by atoms with Crippen molar-refractivity contribution in [3.8, 4) is 0 Å². The quantitative estimate of drug-likeness (QED) is 0.733. The molecule has 28 heavy (non-hydrogen) atoms. The lowest BCUT2D eigenvalue weighted by Crippen LogP contribution is -2.42. The third-order valence-corrected chi connectivity index (χ3v) is 5.27. The van der Waals surface area contributed by atoms with Gasteiger partial charge in [0.2, 0.25) is 5.91 Å². The van der Waals surface area contributed by atoms with E-state index in [0.29, 0.717) is 16.1 Å². The molecule has 3 rings (SSSR count). The summed E-state index contributed by atoms with van der Waals surface area (Å²) in [6.45, 7) is 2.59. The van der Waals surface area contributed by atoms with E-state index >= 15 is 0 Å². The second-order valence-corrected chi connectivity index (χ2v) is 7.40. The minimum Gasteiger partial charge on any atom is -0.324 e. The molecule has 0 bridgehead atoms. The maximum atomic E-state index is 13.6. The van der Waals surface area contributed by atoms with Gasteiger partial charge < -0.3 is 10.6 Å². The van der Waals surface area contributed by atoms with Crippen LogP contribution in [0.3, 0.4) is 0 Å². The largest absolute Gasteiger partial charge is 0.325 e. The molecule has 1 saturated heterocycles. The third-order valence-electron chi connectivity index (χ3n) is 4.53.